The number of unbranched alkanes of at least 4 members (excludes halogenated alkanes) is 2. The van der Waals surface area contributed by atoms with E-state index in [1.54, 1.807) is 42.5 Å². The monoisotopic (exact) mass is 619 g/mol. The second-order valence-corrected chi connectivity index (χ2v) is 11.0. The summed E-state index contributed by atoms with van der Waals surface area (Å²) in [5, 5.41) is 21.3. The van der Waals surface area contributed by atoms with Crippen molar-refractivity contribution in [3.63, 3.8) is 0 Å². The molecule has 5 N–H and O–H groups in total. The normalized spacial score (nSPS) is 15.3. The summed E-state index contributed by atoms with van der Waals surface area (Å²) in [5.74, 6) is -4.18. The van der Waals surface area contributed by atoms with Crippen molar-refractivity contribution in [2.75, 3.05) is 12.8 Å². The molecule has 0 spiro atoms. The highest BCUT2D eigenvalue weighted by Gasteiger charge is 2.25. The third-order valence-corrected chi connectivity index (χ3v) is 7.85. The maximum absolute atomic E-state index is 15.1. The number of amides is 1. The lowest BCUT2D eigenvalue weighted by atomic mass is 9.93. The number of carboxylic acid groups (broad SMARTS) is 2. The van der Waals surface area contributed by atoms with Crippen LogP contribution < -0.4 is 11.1 Å². The molecule has 3 aromatic carbocycles. The maximum Gasteiger partial charge on any atom is 0.339 e. The number of methoxy groups -OCH3 is 1. The van der Waals surface area contributed by atoms with Crippen LogP contribution in [0.2, 0.25) is 0 Å². The van der Waals surface area contributed by atoms with Gasteiger partial charge in [0.05, 0.1) is 29.2 Å². The van der Waals surface area contributed by atoms with Crippen LogP contribution in [0.15, 0.2) is 70.6 Å². The van der Waals surface area contributed by atoms with E-state index in [-0.39, 0.29) is 33.3 Å². The van der Waals surface area contributed by atoms with Crippen molar-refractivity contribution in [2.45, 2.75) is 38.0 Å². The molecule has 10 nitrogen and oxygen atoms in total. The first-order valence-electron chi connectivity index (χ1n) is 13.7. The predicted octanol–water partition coefficient (Wildman–Crippen LogP) is 5.96. The topological polar surface area (TPSA) is 168 Å². The van der Waals surface area contributed by atoms with Gasteiger partial charge in [-0.15, -0.1) is 0 Å². The summed E-state index contributed by atoms with van der Waals surface area (Å²) in [6, 6.07) is 15.9. The molecule has 1 fully saturated rings. The quantitative estimate of drug-likeness (QED) is 0.0828. The molecule has 1 aliphatic heterocycles. The fourth-order valence-electron chi connectivity index (χ4n) is 4.60. The number of nitrogens with two attached hydrogens (primary N) is 1. The minimum atomic E-state index is -0.963. The number of esters is 1. The van der Waals surface area contributed by atoms with E-state index < -0.39 is 35.6 Å². The summed E-state index contributed by atoms with van der Waals surface area (Å²) in [6.07, 6.45) is 3.58. The first-order chi connectivity index (χ1) is 21.0. The number of hydrogen-bond donors (Lipinski definition) is 4. The third-order valence-electron chi connectivity index (χ3n) is 6.94. The van der Waals surface area contributed by atoms with Crippen LogP contribution >= 0.6 is 11.8 Å². The molecular formula is C32H30FN3O7S. The summed E-state index contributed by atoms with van der Waals surface area (Å²) in [6.45, 7) is 0. The number of hydrogen-bond acceptors (Lipinski definition) is 8. The lowest BCUT2D eigenvalue weighted by molar-refractivity contribution is -0.139. The molecule has 0 bridgehead atoms. The van der Waals surface area contributed by atoms with E-state index in [0.717, 1.165) is 11.8 Å². The number of carbonyl (C=O) groups is 4. The molecule has 44 heavy (non-hydrogen) atoms. The predicted molar refractivity (Wildman–Crippen MR) is 166 cm³/mol. The molecule has 1 amide bonds. The van der Waals surface area contributed by atoms with E-state index in [2.05, 4.69) is 10.3 Å². The van der Waals surface area contributed by atoms with E-state index >= 15 is 4.39 Å². The molecule has 0 saturated carbocycles. The van der Waals surface area contributed by atoms with Crippen LogP contribution in [0, 0.1) is 5.82 Å². The Balaban J connectivity index is 1.44. The molecule has 228 valence electrons. The van der Waals surface area contributed by atoms with Crippen LogP contribution in [-0.4, -0.2) is 46.3 Å². The number of nitrogens with one attached hydrogen (secondary N) is 1. The number of aliphatic imine (C=N–C) groups is 1. The largest absolute Gasteiger partial charge is 0.481 e. The van der Waals surface area contributed by atoms with Gasteiger partial charge in [0, 0.05) is 17.7 Å². The Morgan fingerprint density at radius 1 is 1.02 bits per heavy atom. The van der Waals surface area contributed by atoms with Gasteiger partial charge >= 0.3 is 17.9 Å². The average molecular weight is 620 g/mol. The Morgan fingerprint density at radius 3 is 2.39 bits per heavy atom. The fourth-order valence-corrected chi connectivity index (χ4v) is 5.43. The number of benzene rings is 3. The van der Waals surface area contributed by atoms with Crippen LogP contribution in [0.25, 0.3) is 17.2 Å². The molecule has 3 aromatic rings. The molecular weight excluding hydrogens is 589 g/mol. The number of aliphatic carboxylic acids is 2. The second kappa shape index (κ2) is 14.5. The molecule has 1 atom stereocenters. The minimum Gasteiger partial charge on any atom is -0.481 e. The van der Waals surface area contributed by atoms with Crippen molar-refractivity contribution < 1.29 is 38.5 Å². The van der Waals surface area contributed by atoms with Gasteiger partial charge < -0.3 is 26.0 Å². The first kappa shape index (κ1) is 32.0. The molecule has 1 saturated heterocycles. The van der Waals surface area contributed by atoms with Gasteiger partial charge in [-0.3, -0.25) is 14.4 Å². The molecule has 1 aliphatic rings. The fraction of sp³-hybridized carbons (Fsp3) is 0.219. The first-order valence-corrected chi connectivity index (χ1v) is 14.5. The lowest BCUT2D eigenvalue weighted by Crippen LogP contribution is -2.19. The zero-order valence-electron chi connectivity index (χ0n) is 23.7. The molecule has 1 heterocycles. The minimum absolute atomic E-state index is 0.0599. The Kier molecular flexibility index (Phi) is 10.5. The smallest absolute Gasteiger partial charge is 0.339 e. The Labute approximate surface area is 256 Å². The zero-order chi connectivity index (χ0) is 31.8. The number of carbonyl (C=O) groups excluding carboxylic acids is 2. The number of ether oxygens (including phenoxy) is 1. The Hall–Kier alpha value is -4.97. The van der Waals surface area contributed by atoms with Crippen molar-refractivity contribution in [3.05, 3.63) is 88.1 Å². The van der Waals surface area contributed by atoms with Gasteiger partial charge in [0.2, 0.25) is 0 Å². The van der Waals surface area contributed by atoms with Crippen LogP contribution in [0.4, 0.5) is 15.8 Å². The highest BCUT2D eigenvalue weighted by atomic mass is 32.2. The maximum atomic E-state index is 15.1. The number of nitrogens with zero attached hydrogens (tertiary/aromatic N) is 1. The van der Waals surface area contributed by atoms with E-state index in [0.29, 0.717) is 48.1 Å². The van der Waals surface area contributed by atoms with Gasteiger partial charge in [0.15, 0.2) is 5.17 Å². The van der Waals surface area contributed by atoms with E-state index in [4.69, 9.17) is 15.6 Å². The highest BCUT2D eigenvalue weighted by molar-refractivity contribution is 8.18. The second-order valence-electron chi connectivity index (χ2n) is 9.99. The third kappa shape index (κ3) is 8.10. The number of rotatable bonds is 12. The SMILES string of the molecule is COC(=O)c1cc(-c2ccc(/C=C3\SC(=Nc4ccc(C(CCCCCC(=O)O)C(=O)O)cc4)NC3=O)c(F)c2)ccc1N. The van der Waals surface area contributed by atoms with Gasteiger partial charge in [-0.2, -0.15) is 0 Å². The molecule has 0 aromatic heterocycles. The van der Waals surface area contributed by atoms with Crippen LogP contribution in [0.5, 0.6) is 0 Å². The van der Waals surface area contributed by atoms with Crippen molar-refractivity contribution in [1.29, 1.82) is 0 Å². The molecule has 12 heteroatoms. The number of carboxylic acids is 2. The Bertz CT molecular complexity index is 1650. The van der Waals surface area contributed by atoms with Gasteiger partial charge in [0.1, 0.15) is 5.82 Å². The standard InChI is InChI=1S/C32H30FN3O7S/c1-43-31(42)24-15-19(11-14-26(24)34)20-7-8-21(25(33)16-20)17-27-29(39)36-32(44-27)35-22-12-9-18(10-13-22)23(30(40)41)5-3-2-4-6-28(37)38/h7-17,23H,2-6,34H2,1H3,(H,37,38)(H,40,41)(H,35,36,39)/b27-17-. The number of amidine groups is 1. The van der Waals surface area contributed by atoms with E-state index in [9.17, 15) is 24.3 Å². The van der Waals surface area contributed by atoms with Crippen molar-refractivity contribution in [1.82, 2.24) is 5.32 Å². The van der Waals surface area contributed by atoms with Crippen LogP contribution in [0.3, 0.4) is 0 Å². The number of nitrogen functional groups attached to an aromatic ring is 1. The summed E-state index contributed by atoms with van der Waals surface area (Å²) >= 11 is 1.04. The average Bonchev–Trinajstić information content (AvgIpc) is 3.33. The summed E-state index contributed by atoms with van der Waals surface area (Å²) in [5.41, 5.74) is 8.62. The van der Waals surface area contributed by atoms with Crippen molar-refractivity contribution >= 4 is 58.2 Å². The molecule has 1 unspecified atom stereocenters. The lowest BCUT2D eigenvalue weighted by Gasteiger charge is -2.12. The zero-order valence-corrected chi connectivity index (χ0v) is 24.5. The molecule has 0 radical (unpaired) electrons. The van der Waals surface area contributed by atoms with Crippen molar-refractivity contribution in [3.8, 4) is 11.1 Å². The van der Waals surface area contributed by atoms with E-state index in [1.165, 1.54) is 31.4 Å². The number of thioether (sulfide) groups is 1. The highest BCUT2D eigenvalue weighted by Crippen LogP contribution is 2.32. The van der Waals surface area contributed by atoms with Crippen molar-refractivity contribution in [2.24, 2.45) is 4.99 Å². The number of anilines is 1. The summed E-state index contributed by atoms with van der Waals surface area (Å²) < 4.78 is 19.8. The molecule has 4 rings (SSSR count). The van der Waals surface area contributed by atoms with Gasteiger partial charge in [-0.1, -0.05) is 43.2 Å². The van der Waals surface area contributed by atoms with E-state index in [1.807, 2.05) is 0 Å². The number of halogens is 1. The molecule has 0 aliphatic carbocycles. The van der Waals surface area contributed by atoms with Gasteiger partial charge in [-0.25, -0.2) is 14.2 Å². The Morgan fingerprint density at radius 2 is 1.73 bits per heavy atom. The van der Waals surface area contributed by atoms with Crippen LogP contribution in [0.1, 0.15) is 59.5 Å². The van der Waals surface area contributed by atoms with Gasteiger partial charge in [0.25, 0.3) is 5.91 Å². The van der Waals surface area contributed by atoms with Gasteiger partial charge in [-0.05, 0) is 77.7 Å². The summed E-state index contributed by atoms with van der Waals surface area (Å²) in [7, 11) is 1.25. The summed E-state index contributed by atoms with van der Waals surface area (Å²) in [4.78, 5) is 51.7. The van der Waals surface area contributed by atoms with Crippen LogP contribution in [-0.2, 0) is 19.1 Å².